The van der Waals surface area contributed by atoms with Crippen LogP contribution in [0.3, 0.4) is 0 Å². The summed E-state index contributed by atoms with van der Waals surface area (Å²) in [6.07, 6.45) is 4.84. The van der Waals surface area contributed by atoms with Crippen molar-refractivity contribution in [2.45, 2.75) is 44.7 Å². The van der Waals surface area contributed by atoms with E-state index in [1.165, 1.54) is 25.7 Å². The predicted octanol–water partition coefficient (Wildman–Crippen LogP) is 2.76. The Kier molecular flexibility index (Phi) is 4.75. The van der Waals surface area contributed by atoms with Crippen molar-refractivity contribution in [3.8, 4) is 6.07 Å². The fourth-order valence-electron chi connectivity index (χ4n) is 2.74. The van der Waals surface area contributed by atoms with Crippen LogP contribution in [0.4, 0.5) is 5.69 Å². The average Bonchev–Trinajstić information content (AvgIpc) is 3.00. The molecule has 1 aromatic rings. The molecule has 1 amide bonds. The third-order valence-electron chi connectivity index (χ3n) is 4.20. The number of benzene rings is 1. The van der Waals surface area contributed by atoms with Crippen molar-refractivity contribution in [2.75, 3.05) is 12.4 Å². The summed E-state index contributed by atoms with van der Waals surface area (Å²) in [4.78, 5) is 14.5. The maximum atomic E-state index is 12.3. The van der Waals surface area contributed by atoms with Crippen LogP contribution in [0.15, 0.2) is 24.3 Å². The van der Waals surface area contributed by atoms with Gasteiger partial charge in [-0.15, -0.1) is 0 Å². The second-order valence-corrected chi connectivity index (χ2v) is 5.43. The van der Waals surface area contributed by atoms with Gasteiger partial charge in [0.15, 0.2) is 0 Å². The fraction of sp³-hybridized carbons (Fsp3) is 0.500. The van der Waals surface area contributed by atoms with E-state index in [9.17, 15) is 4.79 Å². The first-order chi connectivity index (χ1) is 9.63. The molecule has 0 aliphatic heterocycles. The molecule has 4 nitrogen and oxygen atoms in total. The van der Waals surface area contributed by atoms with Gasteiger partial charge in [0, 0.05) is 6.04 Å². The third-order valence-corrected chi connectivity index (χ3v) is 4.20. The maximum Gasteiger partial charge on any atom is 0.241 e. The van der Waals surface area contributed by atoms with Crippen molar-refractivity contribution < 1.29 is 4.79 Å². The molecule has 2 rings (SSSR count). The van der Waals surface area contributed by atoms with Gasteiger partial charge < -0.3 is 5.32 Å². The van der Waals surface area contributed by atoms with Crippen molar-refractivity contribution in [3.63, 3.8) is 0 Å². The lowest BCUT2D eigenvalue weighted by Gasteiger charge is -2.29. The Balaban J connectivity index is 2.02. The van der Waals surface area contributed by atoms with E-state index in [-0.39, 0.29) is 11.9 Å². The number of hydrogen-bond donors (Lipinski definition) is 1. The van der Waals surface area contributed by atoms with Crippen LogP contribution in [-0.2, 0) is 4.79 Å². The van der Waals surface area contributed by atoms with Crippen LogP contribution in [0, 0.1) is 11.3 Å². The molecular weight excluding hydrogens is 250 g/mol. The van der Waals surface area contributed by atoms with Crippen molar-refractivity contribution in [3.05, 3.63) is 29.8 Å². The van der Waals surface area contributed by atoms with Gasteiger partial charge in [-0.2, -0.15) is 5.26 Å². The minimum absolute atomic E-state index is 0.0536. The molecule has 1 saturated carbocycles. The molecule has 0 heterocycles. The summed E-state index contributed by atoms with van der Waals surface area (Å²) in [6.45, 7) is 1.92. The smallest absolute Gasteiger partial charge is 0.241 e. The molecule has 1 unspecified atom stereocenters. The van der Waals surface area contributed by atoms with Gasteiger partial charge in [0.25, 0.3) is 0 Å². The highest BCUT2D eigenvalue weighted by Gasteiger charge is 2.27. The number of para-hydroxylation sites is 1. The maximum absolute atomic E-state index is 12.3. The SMILES string of the molecule is CC(C(=O)Nc1ccccc1C#N)N(C)C1CCCC1. The Morgan fingerprint density at radius 1 is 1.40 bits per heavy atom. The largest absolute Gasteiger partial charge is 0.324 e. The van der Waals surface area contributed by atoms with E-state index >= 15 is 0 Å². The van der Waals surface area contributed by atoms with Crippen LogP contribution >= 0.6 is 0 Å². The topological polar surface area (TPSA) is 56.1 Å². The van der Waals surface area contributed by atoms with Crippen LogP contribution < -0.4 is 5.32 Å². The van der Waals surface area contributed by atoms with Crippen LogP contribution in [0.25, 0.3) is 0 Å². The summed E-state index contributed by atoms with van der Waals surface area (Å²) >= 11 is 0. The number of rotatable bonds is 4. The number of nitrogens with one attached hydrogen (secondary N) is 1. The molecule has 106 valence electrons. The molecule has 20 heavy (non-hydrogen) atoms. The van der Waals surface area contributed by atoms with E-state index in [1.807, 2.05) is 20.0 Å². The Bertz CT molecular complexity index is 515. The first-order valence-corrected chi connectivity index (χ1v) is 7.15. The Morgan fingerprint density at radius 3 is 2.70 bits per heavy atom. The number of likely N-dealkylation sites (N-methyl/N-ethyl adjacent to an activating group) is 1. The zero-order chi connectivity index (χ0) is 14.5. The van der Waals surface area contributed by atoms with Crippen LogP contribution in [0.1, 0.15) is 38.2 Å². The number of hydrogen-bond acceptors (Lipinski definition) is 3. The van der Waals surface area contributed by atoms with Gasteiger partial charge in [-0.1, -0.05) is 25.0 Å². The lowest BCUT2D eigenvalue weighted by atomic mass is 10.1. The van der Waals surface area contributed by atoms with Gasteiger partial charge in [0.2, 0.25) is 5.91 Å². The Morgan fingerprint density at radius 2 is 2.05 bits per heavy atom. The van der Waals surface area contributed by atoms with E-state index < -0.39 is 0 Å². The number of nitrogens with zero attached hydrogens (tertiary/aromatic N) is 2. The highest BCUT2D eigenvalue weighted by molar-refractivity contribution is 5.95. The van der Waals surface area contributed by atoms with Gasteiger partial charge in [-0.3, -0.25) is 9.69 Å². The molecule has 4 heteroatoms. The Labute approximate surface area is 120 Å². The standard InChI is InChI=1S/C16H21N3O/c1-12(19(2)14-8-4-5-9-14)16(20)18-15-10-6-3-7-13(15)11-17/h3,6-7,10,12,14H,4-5,8-9H2,1-2H3,(H,18,20). The van der Waals surface area contributed by atoms with Gasteiger partial charge in [-0.05, 0) is 38.9 Å². The van der Waals surface area contributed by atoms with Crippen molar-refractivity contribution in [1.82, 2.24) is 4.90 Å². The molecule has 0 saturated heterocycles. The second-order valence-electron chi connectivity index (χ2n) is 5.43. The van der Waals surface area contributed by atoms with Gasteiger partial charge in [0.05, 0.1) is 17.3 Å². The van der Waals surface area contributed by atoms with Crippen molar-refractivity contribution in [1.29, 1.82) is 5.26 Å². The van der Waals surface area contributed by atoms with E-state index in [4.69, 9.17) is 5.26 Å². The molecule has 1 N–H and O–H groups in total. The quantitative estimate of drug-likeness (QED) is 0.916. The number of carbonyl (C=O) groups excluding carboxylic acids is 1. The highest BCUT2D eigenvalue weighted by Crippen LogP contribution is 2.24. The molecule has 1 aliphatic carbocycles. The normalized spacial score (nSPS) is 16.9. The van der Waals surface area contributed by atoms with E-state index in [1.54, 1.807) is 18.2 Å². The van der Waals surface area contributed by atoms with Crippen LogP contribution in [0.5, 0.6) is 0 Å². The molecule has 0 bridgehead atoms. The Hall–Kier alpha value is -1.86. The summed E-state index contributed by atoms with van der Waals surface area (Å²) in [5, 5.41) is 11.9. The number of amides is 1. The average molecular weight is 271 g/mol. The second kappa shape index (κ2) is 6.53. The molecule has 0 aromatic heterocycles. The van der Waals surface area contributed by atoms with Gasteiger partial charge >= 0.3 is 0 Å². The van der Waals surface area contributed by atoms with Crippen molar-refractivity contribution >= 4 is 11.6 Å². The molecule has 0 spiro atoms. The zero-order valence-corrected chi connectivity index (χ0v) is 12.1. The fourth-order valence-corrected chi connectivity index (χ4v) is 2.74. The summed E-state index contributed by atoms with van der Waals surface area (Å²) in [5.74, 6) is -0.0536. The molecule has 1 aliphatic rings. The van der Waals surface area contributed by atoms with Crippen LogP contribution in [0.2, 0.25) is 0 Å². The number of carbonyl (C=O) groups is 1. The highest BCUT2D eigenvalue weighted by atomic mass is 16.2. The monoisotopic (exact) mass is 271 g/mol. The lowest BCUT2D eigenvalue weighted by molar-refractivity contribution is -0.121. The van der Waals surface area contributed by atoms with Crippen LogP contribution in [-0.4, -0.2) is 29.9 Å². The van der Waals surface area contributed by atoms with E-state index in [2.05, 4.69) is 16.3 Å². The summed E-state index contributed by atoms with van der Waals surface area (Å²) in [5.41, 5.74) is 1.09. The van der Waals surface area contributed by atoms with E-state index in [0.717, 1.165) is 0 Å². The first kappa shape index (κ1) is 14.5. The first-order valence-electron chi connectivity index (χ1n) is 7.15. The summed E-state index contributed by atoms with van der Waals surface area (Å²) < 4.78 is 0. The molecule has 1 atom stereocenters. The summed E-state index contributed by atoms with van der Waals surface area (Å²) in [6, 6.07) is 9.49. The van der Waals surface area contributed by atoms with Crippen molar-refractivity contribution in [2.24, 2.45) is 0 Å². The molecular formula is C16H21N3O. The lowest BCUT2D eigenvalue weighted by Crippen LogP contribution is -2.44. The van der Waals surface area contributed by atoms with Gasteiger partial charge in [-0.25, -0.2) is 0 Å². The molecule has 1 fully saturated rings. The van der Waals surface area contributed by atoms with E-state index in [0.29, 0.717) is 17.3 Å². The predicted molar refractivity (Wildman–Crippen MR) is 79.3 cm³/mol. The molecule has 0 radical (unpaired) electrons. The van der Waals surface area contributed by atoms with Gasteiger partial charge in [0.1, 0.15) is 6.07 Å². The minimum Gasteiger partial charge on any atom is -0.324 e. The zero-order valence-electron chi connectivity index (χ0n) is 12.1. The summed E-state index contributed by atoms with van der Waals surface area (Å²) in [7, 11) is 2.01. The minimum atomic E-state index is -0.190. The number of nitriles is 1. The third kappa shape index (κ3) is 3.17. The number of anilines is 1. The molecule has 1 aromatic carbocycles.